The summed E-state index contributed by atoms with van der Waals surface area (Å²) in [7, 11) is 0. The molecule has 2 nitrogen and oxygen atoms in total. The van der Waals surface area contributed by atoms with Gasteiger partial charge < -0.3 is 4.57 Å². The SMILES string of the molecule is Cc1ccc2nc(C(C)Cl)n(CC3CCC(C)C3)c2c1. The number of hydrogen-bond donors (Lipinski definition) is 0. The van der Waals surface area contributed by atoms with Crippen molar-refractivity contribution in [3.63, 3.8) is 0 Å². The lowest BCUT2D eigenvalue weighted by Crippen LogP contribution is -2.11. The number of rotatable bonds is 3. The van der Waals surface area contributed by atoms with Gasteiger partial charge in [0.2, 0.25) is 0 Å². The van der Waals surface area contributed by atoms with E-state index in [0.717, 1.165) is 29.7 Å². The van der Waals surface area contributed by atoms with E-state index in [0.29, 0.717) is 0 Å². The van der Waals surface area contributed by atoms with Gasteiger partial charge in [0.25, 0.3) is 0 Å². The molecule has 0 N–H and O–H groups in total. The van der Waals surface area contributed by atoms with Crippen LogP contribution >= 0.6 is 11.6 Å². The summed E-state index contributed by atoms with van der Waals surface area (Å²) >= 11 is 6.35. The van der Waals surface area contributed by atoms with Crippen LogP contribution < -0.4 is 0 Å². The zero-order valence-corrected chi connectivity index (χ0v) is 13.3. The molecule has 20 heavy (non-hydrogen) atoms. The molecule has 1 aromatic carbocycles. The van der Waals surface area contributed by atoms with Crippen LogP contribution in [0.2, 0.25) is 0 Å². The number of alkyl halides is 1. The van der Waals surface area contributed by atoms with E-state index in [1.54, 1.807) is 0 Å². The second kappa shape index (κ2) is 5.40. The Morgan fingerprint density at radius 2 is 2.20 bits per heavy atom. The van der Waals surface area contributed by atoms with Gasteiger partial charge in [-0.05, 0) is 56.2 Å². The maximum Gasteiger partial charge on any atom is 0.127 e. The standard InChI is InChI=1S/C17H23ClN2/c1-11-4-6-14(8-11)10-20-16-9-12(2)5-7-15(16)19-17(20)13(3)18/h5,7,9,11,13-14H,4,6,8,10H2,1-3H3. The van der Waals surface area contributed by atoms with Crippen LogP contribution in [0.15, 0.2) is 18.2 Å². The monoisotopic (exact) mass is 290 g/mol. The van der Waals surface area contributed by atoms with Gasteiger partial charge >= 0.3 is 0 Å². The van der Waals surface area contributed by atoms with Crippen molar-refractivity contribution < 1.29 is 0 Å². The third-order valence-corrected chi connectivity index (χ3v) is 4.73. The third kappa shape index (κ3) is 2.58. The molecule has 0 saturated heterocycles. The zero-order chi connectivity index (χ0) is 14.3. The maximum absolute atomic E-state index is 6.35. The van der Waals surface area contributed by atoms with Gasteiger partial charge in [0.15, 0.2) is 0 Å². The number of imidazole rings is 1. The Balaban J connectivity index is 2.01. The molecule has 3 heteroatoms. The van der Waals surface area contributed by atoms with Crippen molar-refractivity contribution >= 4 is 22.6 Å². The Morgan fingerprint density at radius 1 is 1.40 bits per heavy atom. The Bertz CT molecular complexity index is 615. The number of halogens is 1. The van der Waals surface area contributed by atoms with E-state index in [4.69, 9.17) is 16.6 Å². The molecule has 1 aromatic heterocycles. The second-order valence-corrected chi connectivity index (χ2v) is 7.13. The van der Waals surface area contributed by atoms with Gasteiger partial charge in [0.05, 0.1) is 16.4 Å². The fraction of sp³-hybridized carbons (Fsp3) is 0.588. The molecule has 1 fully saturated rings. The quantitative estimate of drug-likeness (QED) is 0.721. The molecule has 0 spiro atoms. The first-order valence-electron chi connectivity index (χ1n) is 7.65. The van der Waals surface area contributed by atoms with Crippen molar-refractivity contribution in [3.05, 3.63) is 29.6 Å². The largest absolute Gasteiger partial charge is 0.326 e. The fourth-order valence-corrected chi connectivity index (χ4v) is 3.66. The minimum Gasteiger partial charge on any atom is -0.326 e. The summed E-state index contributed by atoms with van der Waals surface area (Å²) in [5.41, 5.74) is 3.60. The van der Waals surface area contributed by atoms with E-state index in [2.05, 4.69) is 36.6 Å². The molecule has 2 aromatic rings. The van der Waals surface area contributed by atoms with Crippen LogP contribution in [0.5, 0.6) is 0 Å². The van der Waals surface area contributed by atoms with Crippen molar-refractivity contribution in [1.82, 2.24) is 9.55 Å². The van der Waals surface area contributed by atoms with Gasteiger partial charge in [-0.25, -0.2) is 4.98 Å². The van der Waals surface area contributed by atoms with E-state index < -0.39 is 0 Å². The first kappa shape index (κ1) is 13.9. The lowest BCUT2D eigenvalue weighted by Gasteiger charge is -2.15. The average molecular weight is 291 g/mol. The lowest BCUT2D eigenvalue weighted by molar-refractivity contribution is 0.438. The number of fused-ring (bicyclic) bond motifs is 1. The summed E-state index contributed by atoms with van der Waals surface area (Å²) in [5, 5.41) is -0.0402. The Labute approximate surface area is 126 Å². The third-order valence-electron chi connectivity index (χ3n) is 4.53. The normalized spacial score (nSPS) is 24.4. The van der Waals surface area contributed by atoms with E-state index in [9.17, 15) is 0 Å². The molecule has 0 bridgehead atoms. The molecule has 108 valence electrons. The summed E-state index contributed by atoms with van der Waals surface area (Å²) in [4.78, 5) is 4.75. The Kier molecular flexibility index (Phi) is 3.76. The topological polar surface area (TPSA) is 17.8 Å². The molecule has 0 amide bonds. The highest BCUT2D eigenvalue weighted by molar-refractivity contribution is 6.20. The van der Waals surface area contributed by atoms with E-state index in [1.165, 1.54) is 30.3 Å². The Morgan fingerprint density at radius 3 is 2.85 bits per heavy atom. The highest BCUT2D eigenvalue weighted by atomic mass is 35.5. The van der Waals surface area contributed by atoms with Crippen molar-refractivity contribution in [2.75, 3.05) is 0 Å². The first-order valence-corrected chi connectivity index (χ1v) is 8.09. The minimum absolute atomic E-state index is 0.0402. The van der Waals surface area contributed by atoms with Gasteiger partial charge in [-0.3, -0.25) is 0 Å². The van der Waals surface area contributed by atoms with E-state index in [-0.39, 0.29) is 5.38 Å². The molecule has 3 rings (SSSR count). The van der Waals surface area contributed by atoms with Crippen molar-refractivity contribution in [2.45, 2.75) is 52.0 Å². The molecule has 0 aliphatic heterocycles. The minimum atomic E-state index is -0.0402. The molecular formula is C17H23ClN2. The number of aryl methyl sites for hydroxylation is 1. The van der Waals surface area contributed by atoms with Gasteiger partial charge in [-0.1, -0.05) is 19.4 Å². The highest BCUT2D eigenvalue weighted by Gasteiger charge is 2.24. The van der Waals surface area contributed by atoms with Gasteiger partial charge in [-0.15, -0.1) is 11.6 Å². The summed E-state index contributed by atoms with van der Waals surface area (Å²) < 4.78 is 2.36. The molecule has 1 heterocycles. The summed E-state index contributed by atoms with van der Waals surface area (Å²) in [6.45, 7) is 7.58. The first-order chi connectivity index (χ1) is 9.54. The van der Waals surface area contributed by atoms with Crippen LogP contribution in [-0.2, 0) is 6.54 Å². The van der Waals surface area contributed by atoms with Gasteiger partial charge in [0, 0.05) is 6.54 Å². The number of hydrogen-bond acceptors (Lipinski definition) is 1. The smallest absolute Gasteiger partial charge is 0.127 e. The Hall–Kier alpha value is -1.02. The van der Waals surface area contributed by atoms with Crippen LogP contribution in [0.4, 0.5) is 0 Å². The highest BCUT2D eigenvalue weighted by Crippen LogP contribution is 2.34. The average Bonchev–Trinajstić information content (AvgIpc) is 2.95. The summed E-state index contributed by atoms with van der Waals surface area (Å²) in [6, 6.07) is 6.48. The molecule has 1 saturated carbocycles. The second-order valence-electron chi connectivity index (χ2n) is 6.47. The number of aromatic nitrogens is 2. The number of nitrogens with zero attached hydrogens (tertiary/aromatic N) is 2. The van der Waals surface area contributed by atoms with Gasteiger partial charge in [-0.2, -0.15) is 0 Å². The molecular weight excluding hydrogens is 268 g/mol. The molecule has 0 radical (unpaired) electrons. The van der Waals surface area contributed by atoms with Crippen molar-refractivity contribution in [1.29, 1.82) is 0 Å². The van der Waals surface area contributed by atoms with Crippen molar-refractivity contribution in [2.24, 2.45) is 11.8 Å². The van der Waals surface area contributed by atoms with E-state index in [1.807, 2.05) is 6.92 Å². The number of benzene rings is 1. The predicted molar refractivity (Wildman–Crippen MR) is 85.2 cm³/mol. The molecule has 1 aliphatic carbocycles. The van der Waals surface area contributed by atoms with E-state index >= 15 is 0 Å². The van der Waals surface area contributed by atoms with Gasteiger partial charge in [0.1, 0.15) is 5.82 Å². The predicted octanol–water partition coefficient (Wildman–Crippen LogP) is 5.08. The zero-order valence-electron chi connectivity index (χ0n) is 12.6. The molecule has 3 unspecified atom stereocenters. The fourth-order valence-electron chi connectivity index (χ4n) is 3.50. The molecule has 3 atom stereocenters. The maximum atomic E-state index is 6.35. The van der Waals surface area contributed by atoms with Crippen LogP contribution in [0, 0.1) is 18.8 Å². The summed E-state index contributed by atoms with van der Waals surface area (Å²) in [5.74, 6) is 2.66. The van der Waals surface area contributed by atoms with Crippen LogP contribution in [0.25, 0.3) is 11.0 Å². The lowest BCUT2D eigenvalue weighted by atomic mass is 10.1. The van der Waals surface area contributed by atoms with Crippen molar-refractivity contribution in [3.8, 4) is 0 Å². The van der Waals surface area contributed by atoms with Crippen LogP contribution in [-0.4, -0.2) is 9.55 Å². The summed E-state index contributed by atoms with van der Waals surface area (Å²) in [6.07, 6.45) is 4.03. The molecule has 1 aliphatic rings. The van der Waals surface area contributed by atoms with Crippen LogP contribution in [0.1, 0.15) is 49.9 Å². The van der Waals surface area contributed by atoms with Crippen LogP contribution in [0.3, 0.4) is 0 Å².